The van der Waals surface area contributed by atoms with Crippen LogP contribution in [0.25, 0.3) is 0 Å². The molecule has 1 heterocycles. The summed E-state index contributed by atoms with van der Waals surface area (Å²) in [5, 5.41) is 9.55. The lowest BCUT2D eigenvalue weighted by molar-refractivity contribution is 0.0543. The van der Waals surface area contributed by atoms with Crippen LogP contribution in [0.1, 0.15) is 21.5 Å². The lowest BCUT2D eigenvalue weighted by Crippen LogP contribution is -2.46. The van der Waals surface area contributed by atoms with Crippen LogP contribution in [0.2, 0.25) is 0 Å². The van der Waals surface area contributed by atoms with Crippen molar-refractivity contribution in [2.24, 2.45) is 0 Å². The summed E-state index contributed by atoms with van der Waals surface area (Å²) in [5.41, 5.74) is 2.02. The van der Waals surface area contributed by atoms with E-state index in [0.29, 0.717) is 13.0 Å². The molecule has 0 unspecified atom stereocenters. The van der Waals surface area contributed by atoms with Crippen LogP contribution >= 0.6 is 0 Å². The van der Waals surface area contributed by atoms with Crippen molar-refractivity contribution in [2.75, 3.05) is 6.61 Å². The highest BCUT2D eigenvalue weighted by molar-refractivity contribution is 5.94. The van der Waals surface area contributed by atoms with Gasteiger partial charge in [0.1, 0.15) is 11.6 Å². The summed E-state index contributed by atoms with van der Waals surface area (Å²) in [6.45, 7) is 0.121. The average Bonchev–Trinajstić information content (AvgIpc) is 2.52. The lowest BCUT2D eigenvalue weighted by atomic mass is 9.93. The molecule has 0 saturated heterocycles. The van der Waals surface area contributed by atoms with Crippen LogP contribution < -0.4 is 0 Å². The van der Waals surface area contributed by atoms with Crippen LogP contribution in [0, 0.1) is 11.6 Å². The molecule has 1 aliphatic rings. The molecule has 0 radical (unpaired) electrons. The van der Waals surface area contributed by atoms with Crippen molar-refractivity contribution in [3.63, 3.8) is 0 Å². The molecule has 0 fully saturated rings. The molecular formula is C17H15F2NO2. The minimum atomic E-state index is -0.790. The van der Waals surface area contributed by atoms with Crippen LogP contribution in [-0.2, 0) is 13.0 Å². The fraction of sp³-hybridized carbons (Fsp3) is 0.235. The Balaban J connectivity index is 1.94. The number of fused-ring (bicyclic) bond motifs is 1. The van der Waals surface area contributed by atoms with E-state index >= 15 is 0 Å². The van der Waals surface area contributed by atoms with Crippen LogP contribution in [0.5, 0.6) is 0 Å². The molecule has 1 atom stereocenters. The lowest BCUT2D eigenvalue weighted by Gasteiger charge is -2.36. The highest BCUT2D eigenvalue weighted by Gasteiger charge is 2.30. The van der Waals surface area contributed by atoms with Crippen molar-refractivity contribution in [2.45, 2.75) is 19.0 Å². The molecule has 2 aromatic rings. The van der Waals surface area contributed by atoms with Gasteiger partial charge in [-0.25, -0.2) is 8.78 Å². The second-order valence-corrected chi connectivity index (χ2v) is 5.40. The standard InChI is InChI=1S/C17H15F2NO2/c18-14-5-13(6-15(19)8-14)17(22)20-9-12-4-2-1-3-11(12)7-16(20)10-21/h1-6,8,16,21H,7,9-10H2/t16-/m0/s1. The van der Waals surface area contributed by atoms with E-state index in [2.05, 4.69) is 0 Å². The molecule has 0 saturated carbocycles. The van der Waals surface area contributed by atoms with Crippen molar-refractivity contribution in [1.82, 2.24) is 4.90 Å². The van der Waals surface area contributed by atoms with Crippen LogP contribution in [0.4, 0.5) is 8.78 Å². The molecule has 3 rings (SSSR count). The Bertz CT molecular complexity index is 697. The first-order valence-corrected chi connectivity index (χ1v) is 7.03. The number of aliphatic hydroxyl groups is 1. The Morgan fingerprint density at radius 2 is 1.77 bits per heavy atom. The molecule has 22 heavy (non-hydrogen) atoms. The number of rotatable bonds is 2. The summed E-state index contributed by atoms with van der Waals surface area (Å²) in [7, 11) is 0. The molecular weight excluding hydrogens is 288 g/mol. The van der Waals surface area contributed by atoms with Gasteiger partial charge < -0.3 is 10.0 Å². The second kappa shape index (κ2) is 5.85. The highest BCUT2D eigenvalue weighted by Crippen LogP contribution is 2.25. The maximum Gasteiger partial charge on any atom is 0.254 e. The van der Waals surface area contributed by atoms with Crippen molar-refractivity contribution in [1.29, 1.82) is 0 Å². The van der Waals surface area contributed by atoms with Gasteiger partial charge in [-0.1, -0.05) is 24.3 Å². The van der Waals surface area contributed by atoms with Gasteiger partial charge in [0.25, 0.3) is 5.91 Å². The van der Waals surface area contributed by atoms with E-state index in [-0.39, 0.29) is 12.2 Å². The van der Waals surface area contributed by atoms with Gasteiger partial charge in [-0.2, -0.15) is 0 Å². The highest BCUT2D eigenvalue weighted by atomic mass is 19.1. The van der Waals surface area contributed by atoms with E-state index in [4.69, 9.17) is 0 Å². The quantitative estimate of drug-likeness (QED) is 0.926. The zero-order valence-corrected chi connectivity index (χ0v) is 11.8. The van der Waals surface area contributed by atoms with E-state index in [1.807, 2.05) is 24.3 Å². The molecule has 1 N–H and O–H groups in total. The fourth-order valence-corrected chi connectivity index (χ4v) is 2.83. The van der Waals surface area contributed by atoms with Crippen LogP contribution in [0.15, 0.2) is 42.5 Å². The molecule has 0 aromatic heterocycles. The molecule has 5 heteroatoms. The van der Waals surface area contributed by atoms with Crippen molar-refractivity contribution < 1.29 is 18.7 Å². The number of carbonyl (C=O) groups is 1. The third-order valence-electron chi connectivity index (χ3n) is 3.94. The van der Waals surface area contributed by atoms with Gasteiger partial charge in [0, 0.05) is 18.2 Å². The van der Waals surface area contributed by atoms with Gasteiger partial charge in [-0.3, -0.25) is 4.79 Å². The Hall–Kier alpha value is -2.27. The third kappa shape index (κ3) is 2.72. The van der Waals surface area contributed by atoms with Gasteiger partial charge in [0.2, 0.25) is 0 Å². The number of carbonyl (C=O) groups excluding carboxylic acids is 1. The third-order valence-corrected chi connectivity index (χ3v) is 3.94. The molecule has 0 bridgehead atoms. The van der Waals surface area contributed by atoms with Gasteiger partial charge in [0.15, 0.2) is 0 Å². The average molecular weight is 303 g/mol. The van der Waals surface area contributed by atoms with Gasteiger partial charge in [-0.15, -0.1) is 0 Å². The van der Waals surface area contributed by atoms with E-state index < -0.39 is 23.6 Å². The number of amides is 1. The maximum absolute atomic E-state index is 13.3. The number of benzene rings is 2. The molecule has 1 aliphatic heterocycles. The molecule has 0 spiro atoms. The summed E-state index contributed by atoms with van der Waals surface area (Å²) in [6.07, 6.45) is 0.524. The zero-order valence-electron chi connectivity index (χ0n) is 11.8. The topological polar surface area (TPSA) is 40.5 Å². The van der Waals surface area contributed by atoms with Crippen molar-refractivity contribution in [3.05, 3.63) is 70.8 Å². The Morgan fingerprint density at radius 1 is 1.14 bits per heavy atom. The predicted molar refractivity (Wildman–Crippen MR) is 77.3 cm³/mol. The summed E-state index contributed by atoms with van der Waals surface area (Å²) in [6, 6.07) is 10.0. The summed E-state index contributed by atoms with van der Waals surface area (Å²) in [5.74, 6) is -2.06. The maximum atomic E-state index is 13.3. The first-order chi connectivity index (χ1) is 10.6. The molecule has 3 nitrogen and oxygen atoms in total. The SMILES string of the molecule is O=C(c1cc(F)cc(F)c1)N1Cc2ccccc2C[C@H]1CO. The smallest absolute Gasteiger partial charge is 0.254 e. The predicted octanol–water partition coefficient (Wildman–Crippen LogP) is 2.52. The molecule has 0 aliphatic carbocycles. The summed E-state index contributed by atoms with van der Waals surface area (Å²) >= 11 is 0. The Kier molecular flexibility index (Phi) is 3.90. The van der Waals surface area contributed by atoms with Crippen molar-refractivity contribution >= 4 is 5.91 Å². The molecule has 1 amide bonds. The number of hydrogen-bond donors (Lipinski definition) is 1. The number of aliphatic hydroxyl groups excluding tert-OH is 1. The normalized spacial score (nSPS) is 17.2. The molecule has 114 valence electrons. The number of hydrogen-bond acceptors (Lipinski definition) is 2. The largest absolute Gasteiger partial charge is 0.394 e. The molecule has 2 aromatic carbocycles. The number of nitrogens with zero attached hydrogens (tertiary/aromatic N) is 1. The van der Waals surface area contributed by atoms with Crippen LogP contribution in [-0.4, -0.2) is 28.6 Å². The van der Waals surface area contributed by atoms with E-state index in [9.17, 15) is 18.7 Å². The first-order valence-electron chi connectivity index (χ1n) is 7.03. The van der Waals surface area contributed by atoms with Gasteiger partial charge in [0.05, 0.1) is 12.6 Å². The van der Waals surface area contributed by atoms with E-state index in [1.165, 1.54) is 4.90 Å². The monoisotopic (exact) mass is 303 g/mol. The summed E-state index contributed by atoms with van der Waals surface area (Å²) < 4.78 is 26.6. The van der Waals surface area contributed by atoms with E-state index in [1.54, 1.807) is 0 Å². The Morgan fingerprint density at radius 3 is 2.41 bits per heavy atom. The minimum Gasteiger partial charge on any atom is -0.394 e. The van der Waals surface area contributed by atoms with E-state index in [0.717, 1.165) is 29.3 Å². The van der Waals surface area contributed by atoms with Crippen LogP contribution in [0.3, 0.4) is 0 Å². The van der Waals surface area contributed by atoms with Gasteiger partial charge >= 0.3 is 0 Å². The second-order valence-electron chi connectivity index (χ2n) is 5.40. The minimum absolute atomic E-state index is 0.0460. The van der Waals surface area contributed by atoms with Crippen molar-refractivity contribution in [3.8, 4) is 0 Å². The van der Waals surface area contributed by atoms with Gasteiger partial charge in [-0.05, 0) is 29.7 Å². The fourth-order valence-electron chi connectivity index (χ4n) is 2.83. The zero-order chi connectivity index (χ0) is 15.7. The first kappa shape index (κ1) is 14.7. The Labute approximate surface area is 126 Å². The summed E-state index contributed by atoms with van der Waals surface area (Å²) in [4.78, 5) is 14.0. The number of halogens is 2.